The Balaban J connectivity index is 4.65. The van der Waals surface area contributed by atoms with Gasteiger partial charge < -0.3 is 0 Å². The summed E-state index contributed by atoms with van der Waals surface area (Å²) >= 11 is 0. The van der Waals surface area contributed by atoms with Gasteiger partial charge >= 0.3 is 0 Å². The zero-order valence-corrected chi connectivity index (χ0v) is 12.7. The van der Waals surface area contributed by atoms with Gasteiger partial charge in [-0.25, -0.2) is 0 Å². The molecular weight excluding hydrogens is 218 g/mol. The van der Waals surface area contributed by atoms with Gasteiger partial charge in [-0.1, -0.05) is 51.2 Å². The molecule has 1 atom stereocenters. The Morgan fingerprint density at radius 3 is 2.22 bits per heavy atom. The van der Waals surface area contributed by atoms with Crippen molar-refractivity contribution in [2.75, 3.05) is 0 Å². The molecule has 0 bridgehead atoms. The summed E-state index contributed by atoms with van der Waals surface area (Å²) in [6.45, 7) is 16.6. The van der Waals surface area contributed by atoms with E-state index >= 15 is 0 Å². The summed E-state index contributed by atoms with van der Waals surface area (Å²) in [7, 11) is 0. The maximum atomic E-state index is 4.48. The van der Waals surface area contributed by atoms with Crippen LogP contribution in [-0.4, -0.2) is 5.71 Å². The van der Waals surface area contributed by atoms with Gasteiger partial charge in [0.2, 0.25) is 0 Å². The maximum absolute atomic E-state index is 4.48. The number of hydrogen-bond acceptors (Lipinski definition) is 1. The van der Waals surface area contributed by atoms with Gasteiger partial charge in [-0.05, 0) is 38.3 Å². The molecule has 18 heavy (non-hydrogen) atoms. The highest BCUT2D eigenvalue weighted by Gasteiger charge is 2.04. The molecular formula is C17H27N. The molecule has 0 saturated heterocycles. The first-order chi connectivity index (χ1) is 8.38. The lowest BCUT2D eigenvalue weighted by atomic mass is 9.98. The van der Waals surface area contributed by atoms with E-state index in [1.54, 1.807) is 6.08 Å². The van der Waals surface area contributed by atoms with E-state index in [1.807, 2.05) is 25.3 Å². The van der Waals surface area contributed by atoms with E-state index in [9.17, 15) is 0 Å². The van der Waals surface area contributed by atoms with Crippen molar-refractivity contribution in [1.82, 2.24) is 0 Å². The third-order valence-corrected chi connectivity index (χ3v) is 3.08. The van der Waals surface area contributed by atoms with E-state index in [4.69, 9.17) is 0 Å². The summed E-state index contributed by atoms with van der Waals surface area (Å²) in [6.07, 6.45) is 9.90. The van der Waals surface area contributed by atoms with Crippen molar-refractivity contribution < 1.29 is 0 Å². The van der Waals surface area contributed by atoms with E-state index in [2.05, 4.69) is 52.3 Å². The normalized spacial score (nSPS) is 16.5. The molecule has 0 fully saturated rings. The predicted molar refractivity (Wildman–Crippen MR) is 84.0 cm³/mol. The molecule has 0 aliphatic carbocycles. The molecule has 0 rings (SSSR count). The molecule has 0 aromatic heterocycles. The number of nitrogens with zero attached hydrogens (tertiary/aromatic N) is 1. The van der Waals surface area contributed by atoms with E-state index in [0.29, 0.717) is 11.8 Å². The van der Waals surface area contributed by atoms with Crippen LogP contribution >= 0.6 is 0 Å². The molecule has 0 aliphatic heterocycles. The summed E-state index contributed by atoms with van der Waals surface area (Å²) in [5.41, 5.74) is 3.71. The Hall–Kier alpha value is -1.37. The Bertz CT molecular complexity index is 378. The van der Waals surface area contributed by atoms with Crippen LogP contribution in [0.15, 0.2) is 53.2 Å². The van der Waals surface area contributed by atoms with E-state index in [0.717, 1.165) is 11.3 Å². The molecule has 0 unspecified atom stereocenters. The lowest BCUT2D eigenvalue weighted by Gasteiger charge is -2.10. The fraction of sp³-hybridized carbons (Fsp3) is 0.471. The van der Waals surface area contributed by atoms with Crippen LogP contribution in [0.2, 0.25) is 0 Å². The van der Waals surface area contributed by atoms with Gasteiger partial charge in [0.15, 0.2) is 0 Å². The summed E-state index contributed by atoms with van der Waals surface area (Å²) in [6, 6.07) is 0. The number of aliphatic imine (C=N–C) groups is 1. The van der Waals surface area contributed by atoms with Crippen LogP contribution in [0.5, 0.6) is 0 Å². The van der Waals surface area contributed by atoms with Crippen LogP contribution in [0.1, 0.15) is 41.5 Å². The van der Waals surface area contributed by atoms with Crippen molar-refractivity contribution in [3.63, 3.8) is 0 Å². The lowest BCUT2D eigenvalue weighted by molar-refractivity contribution is 0.754. The minimum Gasteiger partial charge on any atom is -0.265 e. The third kappa shape index (κ3) is 7.05. The quantitative estimate of drug-likeness (QED) is 0.340. The van der Waals surface area contributed by atoms with Crippen LogP contribution in [0, 0.1) is 11.8 Å². The SMILES string of the molecule is C=C/C=C(C)/C=C\N=C(C)[C@H](C)/C=C(\C)C(C)C. The van der Waals surface area contributed by atoms with Crippen LogP contribution in [0.3, 0.4) is 0 Å². The minimum absolute atomic E-state index is 0.390. The summed E-state index contributed by atoms with van der Waals surface area (Å²) < 4.78 is 0. The highest BCUT2D eigenvalue weighted by Crippen LogP contribution is 2.13. The Kier molecular flexibility index (Phi) is 8.02. The maximum Gasteiger partial charge on any atom is 0.0269 e. The highest BCUT2D eigenvalue weighted by atomic mass is 14.7. The highest BCUT2D eigenvalue weighted by molar-refractivity contribution is 5.86. The van der Waals surface area contributed by atoms with Crippen molar-refractivity contribution in [2.24, 2.45) is 16.8 Å². The zero-order chi connectivity index (χ0) is 14.1. The smallest absolute Gasteiger partial charge is 0.0269 e. The van der Waals surface area contributed by atoms with Crippen molar-refractivity contribution >= 4 is 5.71 Å². The molecule has 0 aromatic rings. The minimum atomic E-state index is 0.390. The molecule has 0 aliphatic rings. The van der Waals surface area contributed by atoms with Gasteiger partial charge in [0.1, 0.15) is 0 Å². The van der Waals surface area contributed by atoms with Gasteiger partial charge in [-0.3, -0.25) is 4.99 Å². The molecule has 100 valence electrons. The second-order valence-corrected chi connectivity index (χ2v) is 5.09. The number of hydrogen-bond donors (Lipinski definition) is 0. The standard InChI is InChI=1S/C17H27N/c1-8-9-14(4)10-11-18-17(7)16(6)12-15(5)13(2)3/h8-13,16H,1H2,2-7H3/b11-10-,14-9+,15-12+,18-17?/t16-/m1/s1. The molecule has 1 heteroatoms. The van der Waals surface area contributed by atoms with Crippen LogP contribution in [0.4, 0.5) is 0 Å². The third-order valence-electron chi connectivity index (χ3n) is 3.08. The molecule has 0 radical (unpaired) electrons. The topological polar surface area (TPSA) is 12.4 Å². The van der Waals surface area contributed by atoms with Crippen LogP contribution < -0.4 is 0 Å². The first-order valence-corrected chi connectivity index (χ1v) is 6.57. The average molecular weight is 245 g/mol. The van der Waals surface area contributed by atoms with Crippen molar-refractivity contribution in [3.05, 3.63) is 48.2 Å². The fourth-order valence-corrected chi connectivity index (χ4v) is 1.34. The zero-order valence-electron chi connectivity index (χ0n) is 12.7. The molecule has 0 N–H and O–H groups in total. The number of allylic oxidation sites excluding steroid dienone is 6. The van der Waals surface area contributed by atoms with Crippen LogP contribution in [0.25, 0.3) is 0 Å². The summed E-state index contributed by atoms with van der Waals surface area (Å²) in [5, 5.41) is 0. The van der Waals surface area contributed by atoms with Crippen molar-refractivity contribution in [1.29, 1.82) is 0 Å². The number of rotatable bonds is 6. The Morgan fingerprint density at radius 1 is 1.11 bits per heavy atom. The summed E-state index contributed by atoms with van der Waals surface area (Å²) in [4.78, 5) is 4.48. The van der Waals surface area contributed by atoms with Crippen LogP contribution in [-0.2, 0) is 0 Å². The molecule has 1 nitrogen and oxygen atoms in total. The molecule has 0 amide bonds. The largest absolute Gasteiger partial charge is 0.265 e. The summed E-state index contributed by atoms with van der Waals surface area (Å²) in [5.74, 6) is 0.995. The molecule has 0 heterocycles. The molecule has 0 spiro atoms. The van der Waals surface area contributed by atoms with Gasteiger partial charge in [0.05, 0.1) is 0 Å². The second-order valence-electron chi connectivity index (χ2n) is 5.09. The first-order valence-electron chi connectivity index (χ1n) is 6.57. The van der Waals surface area contributed by atoms with E-state index in [-0.39, 0.29) is 0 Å². The van der Waals surface area contributed by atoms with Gasteiger partial charge in [-0.2, -0.15) is 0 Å². The van der Waals surface area contributed by atoms with E-state index in [1.165, 1.54) is 5.57 Å². The second kappa shape index (κ2) is 8.68. The fourth-order valence-electron chi connectivity index (χ4n) is 1.34. The lowest BCUT2D eigenvalue weighted by Crippen LogP contribution is -2.05. The van der Waals surface area contributed by atoms with Gasteiger partial charge in [0, 0.05) is 17.8 Å². The molecule has 0 aromatic carbocycles. The first kappa shape index (κ1) is 16.6. The van der Waals surface area contributed by atoms with Crippen molar-refractivity contribution in [2.45, 2.75) is 41.5 Å². The predicted octanol–water partition coefficient (Wildman–Crippen LogP) is 5.33. The van der Waals surface area contributed by atoms with E-state index < -0.39 is 0 Å². The monoisotopic (exact) mass is 245 g/mol. The van der Waals surface area contributed by atoms with Gasteiger partial charge in [0.25, 0.3) is 0 Å². The van der Waals surface area contributed by atoms with Crippen molar-refractivity contribution in [3.8, 4) is 0 Å². The molecule has 0 saturated carbocycles. The van der Waals surface area contributed by atoms with Gasteiger partial charge in [-0.15, -0.1) is 0 Å². The average Bonchev–Trinajstić information content (AvgIpc) is 2.28. The Labute approximate surface area is 113 Å². The Morgan fingerprint density at radius 2 is 1.72 bits per heavy atom.